The van der Waals surface area contributed by atoms with Gasteiger partial charge in [-0.05, 0) is 18.4 Å². The zero-order valence-corrected chi connectivity index (χ0v) is 8.48. The van der Waals surface area contributed by atoms with Gasteiger partial charge in [0.25, 0.3) is 5.69 Å². The maximum atomic E-state index is 10.5. The van der Waals surface area contributed by atoms with E-state index in [1.807, 2.05) is 12.1 Å². The average molecular weight is 206 g/mol. The molecule has 0 spiro atoms. The number of hydrogen-bond acceptors (Lipinski definition) is 3. The minimum Gasteiger partial charge on any atom is -0.330 e. The van der Waals surface area contributed by atoms with E-state index in [0.717, 1.165) is 18.4 Å². The Hall–Kier alpha value is -1.42. The molecule has 0 unspecified atom stereocenters. The highest BCUT2D eigenvalue weighted by Crippen LogP contribution is 2.42. The van der Waals surface area contributed by atoms with Crippen LogP contribution in [0.5, 0.6) is 0 Å². The van der Waals surface area contributed by atoms with E-state index in [4.69, 9.17) is 5.73 Å². The van der Waals surface area contributed by atoms with Crippen LogP contribution < -0.4 is 5.73 Å². The van der Waals surface area contributed by atoms with Gasteiger partial charge in [0.1, 0.15) is 0 Å². The lowest BCUT2D eigenvalue weighted by molar-refractivity contribution is -0.384. The van der Waals surface area contributed by atoms with Gasteiger partial charge in [0.2, 0.25) is 0 Å². The third-order valence-corrected chi connectivity index (χ3v) is 3.39. The lowest BCUT2D eigenvalue weighted by Gasteiger charge is -2.41. The van der Waals surface area contributed by atoms with Gasteiger partial charge < -0.3 is 5.73 Å². The smallest absolute Gasteiger partial charge is 0.269 e. The molecule has 80 valence electrons. The highest BCUT2D eigenvalue weighted by atomic mass is 16.6. The van der Waals surface area contributed by atoms with Crippen molar-refractivity contribution in [3.8, 4) is 0 Å². The molecule has 0 bridgehead atoms. The van der Waals surface area contributed by atoms with E-state index in [1.54, 1.807) is 12.1 Å². The molecule has 1 aliphatic carbocycles. The third kappa shape index (κ3) is 1.61. The Bertz CT molecular complexity index is 363. The van der Waals surface area contributed by atoms with Crippen LogP contribution in [0.15, 0.2) is 24.3 Å². The predicted molar refractivity (Wildman–Crippen MR) is 57.7 cm³/mol. The minimum atomic E-state index is -0.375. The number of benzene rings is 1. The van der Waals surface area contributed by atoms with Gasteiger partial charge in [0, 0.05) is 24.1 Å². The Balaban J connectivity index is 2.26. The molecule has 0 saturated heterocycles. The van der Waals surface area contributed by atoms with Crippen LogP contribution in [0.3, 0.4) is 0 Å². The van der Waals surface area contributed by atoms with E-state index in [2.05, 4.69) is 0 Å². The molecule has 4 heteroatoms. The number of hydrogen-bond donors (Lipinski definition) is 1. The summed E-state index contributed by atoms with van der Waals surface area (Å²) in [5.41, 5.74) is 7.14. The molecule has 0 amide bonds. The average Bonchev–Trinajstić information content (AvgIpc) is 2.18. The van der Waals surface area contributed by atoms with Crippen molar-refractivity contribution in [3.05, 3.63) is 39.9 Å². The fraction of sp³-hybridized carbons (Fsp3) is 0.455. The highest BCUT2D eigenvalue weighted by Gasteiger charge is 2.37. The quantitative estimate of drug-likeness (QED) is 0.607. The van der Waals surface area contributed by atoms with E-state index in [-0.39, 0.29) is 16.0 Å². The Morgan fingerprint density at radius 2 is 1.93 bits per heavy atom. The van der Waals surface area contributed by atoms with Crippen molar-refractivity contribution in [3.63, 3.8) is 0 Å². The van der Waals surface area contributed by atoms with E-state index in [0.29, 0.717) is 6.54 Å². The van der Waals surface area contributed by atoms with Crippen molar-refractivity contribution in [1.82, 2.24) is 0 Å². The first kappa shape index (κ1) is 10.1. The van der Waals surface area contributed by atoms with Crippen LogP contribution in [0.4, 0.5) is 5.69 Å². The van der Waals surface area contributed by atoms with Crippen LogP contribution in [-0.2, 0) is 5.41 Å². The van der Waals surface area contributed by atoms with Crippen LogP contribution in [0.2, 0.25) is 0 Å². The molecule has 1 aromatic carbocycles. The summed E-state index contributed by atoms with van der Waals surface area (Å²) in [4.78, 5) is 10.1. The second kappa shape index (κ2) is 3.62. The van der Waals surface area contributed by atoms with Gasteiger partial charge in [-0.15, -0.1) is 0 Å². The number of nitrogens with zero attached hydrogens (tertiary/aromatic N) is 1. The topological polar surface area (TPSA) is 69.2 Å². The minimum absolute atomic E-state index is 0.0924. The van der Waals surface area contributed by atoms with Gasteiger partial charge in [0.05, 0.1) is 4.92 Å². The van der Waals surface area contributed by atoms with Crippen LogP contribution in [0.25, 0.3) is 0 Å². The maximum absolute atomic E-state index is 10.5. The number of rotatable bonds is 3. The second-order valence-corrected chi connectivity index (χ2v) is 4.14. The van der Waals surface area contributed by atoms with E-state index < -0.39 is 0 Å². The van der Waals surface area contributed by atoms with Crippen molar-refractivity contribution in [2.75, 3.05) is 6.54 Å². The number of non-ortho nitro benzene ring substituents is 1. The standard InChI is InChI=1S/C11H14N2O2/c12-8-11(6-1-7-11)9-2-4-10(5-3-9)13(14)15/h2-5H,1,6-8,12H2. The molecule has 0 heterocycles. The summed E-state index contributed by atoms with van der Waals surface area (Å²) in [5, 5.41) is 10.5. The molecule has 0 aromatic heterocycles. The zero-order valence-electron chi connectivity index (χ0n) is 8.48. The van der Waals surface area contributed by atoms with Crippen molar-refractivity contribution in [2.45, 2.75) is 24.7 Å². The maximum Gasteiger partial charge on any atom is 0.269 e. The van der Waals surface area contributed by atoms with Crippen molar-refractivity contribution >= 4 is 5.69 Å². The SMILES string of the molecule is NCC1(c2ccc([N+](=O)[O-])cc2)CCC1. The summed E-state index contributed by atoms with van der Waals surface area (Å²) in [7, 11) is 0. The first-order valence-corrected chi connectivity index (χ1v) is 5.13. The van der Waals surface area contributed by atoms with E-state index >= 15 is 0 Å². The Morgan fingerprint density at radius 3 is 2.27 bits per heavy atom. The van der Waals surface area contributed by atoms with Crippen molar-refractivity contribution in [1.29, 1.82) is 0 Å². The Kier molecular flexibility index (Phi) is 2.44. The van der Waals surface area contributed by atoms with Crippen LogP contribution in [0, 0.1) is 10.1 Å². The first-order valence-electron chi connectivity index (χ1n) is 5.13. The van der Waals surface area contributed by atoms with Crippen LogP contribution in [0.1, 0.15) is 24.8 Å². The molecule has 1 saturated carbocycles. The zero-order chi connectivity index (χ0) is 10.9. The fourth-order valence-electron chi connectivity index (χ4n) is 2.15. The van der Waals surface area contributed by atoms with Gasteiger partial charge in [-0.3, -0.25) is 10.1 Å². The van der Waals surface area contributed by atoms with E-state index in [9.17, 15) is 10.1 Å². The summed E-state index contributed by atoms with van der Waals surface area (Å²) >= 11 is 0. The van der Waals surface area contributed by atoms with Crippen molar-refractivity contribution < 1.29 is 4.92 Å². The fourth-order valence-corrected chi connectivity index (χ4v) is 2.15. The summed E-state index contributed by atoms with van der Waals surface area (Å²) in [6.45, 7) is 0.630. The molecular weight excluding hydrogens is 192 g/mol. The van der Waals surface area contributed by atoms with Gasteiger partial charge in [-0.2, -0.15) is 0 Å². The molecule has 1 aromatic rings. The largest absolute Gasteiger partial charge is 0.330 e. The summed E-state index contributed by atoms with van der Waals surface area (Å²) in [6, 6.07) is 6.80. The molecule has 0 aliphatic heterocycles. The summed E-state index contributed by atoms with van der Waals surface area (Å²) < 4.78 is 0. The van der Waals surface area contributed by atoms with Gasteiger partial charge >= 0.3 is 0 Å². The lowest BCUT2D eigenvalue weighted by Crippen LogP contribution is -2.41. The molecular formula is C11H14N2O2. The highest BCUT2D eigenvalue weighted by molar-refractivity contribution is 5.37. The molecule has 0 atom stereocenters. The molecule has 1 aliphatic rings. The molecule has 1 fully saturated rings. The van der Waals surface area contributed by atoms with E-state index in [1.165, 1.54) is 6.42 Å². The Morgan fingerprint density at radius 1 is 1.33 bits per heavy atom. The first-order chi connectivity index (χ1) is 7.18. The second-order valence-electron chi connectivity index (χ2n) is 4.14. The molecule has 2 rings (SSSR count). The summed E-state index contributed by atoms with van der Waals surface area (Å²) in [5.74, 6) is 0. The van der Waals surface area contributed by atoms with Gasteiger partial charge in [-0.25, -0.2) is 0 Å². The Labute approximate surface area is 88.2 Å². The lowest BCUT2D eigenvalue weighted by atomic mass is 9.64. The number of nitro benzene ring substituents is 1. The van der Waals surface area contributed by atoms with Crippen LogP contribution >= 0.6 is 0 Å². The van der Waals surface area contributed by atoms with Crippen molar-refractivity contribution in [2.24, 2.45) is 5.73 Å². The monoisotopic (exact) mass is 206 g/mol. The molecule has 0 radical (unpaired) electrons. The molecule has 15 heavy (non-hydrogen) atoms. The van der Waals surface area contributed by atoms with Crippen LogP contribution in [-0.4, -0.2) is 11.5 Å². The predicted octanol–water partition coefficient (Wildman–Crippen LogP) is 1.98. The number of nitro groups is 1. The van der Waals surface area contributed by atoms with Gasteiger partial charge in [0.15, 0.2) is 0 Å². The molecule has 4 nitrogen and oxygen atoms in total. The number of nitrogens with two attached hydrogens (primary N) is 1. The van der Waals surface area contributed by atoms with Gasteiger partial charge in [-0.1, -0.05) is 18.6 Å². The summed E-state index contributed by atoms with van der Waals surface area (Å²) in [6.07, 6.45) is 3.40. The molecule has 2 N–H and O–H groups in total. The normalized spacial score (nSPS) is 18.2. The third-order valence-electron chi connectivity index (χ3n) is 3.39.